The minimum Gasteiger partial charge on any atom is -0.487 e. The van der Waals surface area contributed by atoms with Crippen molar-refractivity contribution in [1.82, 2.24) is 24.3 Å². The lowest BCUT2D eigenvalue weighted by molar-refractivity contribution is -0.0231. The number of piperidine rings is 1. The monoisotopic (exact) mass is 607 g/mol. The number of ether oxygens (including phenoxy) is 3. The molecular weight excluding hydrogens is 572 g/mol. The third-order valence-corrected chi connectivity index (χ3v) is 8.05. The molecule has 0 bridgehead atoms. The van der Waals surface area contributed by atoms with Crippen molar-refractivity contribution in [1.29, 1.82) is 0 Å². The second kappa shape index (κ2) is 13.6. The highest BCUT2D eigenvalue weighted by Gasteiger charge is 2.26. The Bertz CT molecular complexity index is 1440. The Morgan fingerprint density at radius 1 is 1.19 bits per heavy atom. The molecule has 1 fully saturated rings. The normalized spacial score (nSPS) is 15.4. The summed E-state index contributed by atoms with van der Waals surface area (Å²) in [7, 11) is 1.70. The van der Waals surface area contributed by atoms with Crippen LogP contribution in [0.2, 0.25) is 0 Å². The number of fused-ring (bicyclic) bond motifs is 1. The third-order valence-electron chi connectivity index (χ3n) is 6.83. The summed E-state index contributed by atoms with van der Waals surface area (Å²) in [6.45, 7) is 3.23. The van der Waals surface area contributed by atoms with Gasteiger partial charge in [0, 0.05) is 38.8 Å². The van der Waals surface area contributed by atoms with Gasteiger partial charge in [-0.2, -0.15) is 0 Å². The Morgan fingerprint density at radius 2 is 1.90 bits per heavy atom. The first kappa shape index (κ1) is 31.3. The molecule has 2 aromatic heterocycles. The Morgan fingerprint density at radius 3 is 2.62 bits per heavy atom. The molecule has 14 heteroatoms. The van der Waals surface area contributed by atoms with Gasteiger partial charge in [-0.25, -0.2) is 27.9 Å². The summed E-state index contributed by atoms with van der Waals surface area (Å²) in [5.74, 6) is -2.94. The van der Waals surface area contributed by atoms with E-state index in [0.717, 1.165) is 32.9 Å². The van der Waals surface area contributed by atoms with E-state index in [1.165, 1.54) is 28.8 Å². The molecule has 3 heterocycles. The zero-order chi connectivity index (χ0) is 30.4. The smallest absolute Gasteiger partial charge is 0.487 e. The van der Waals surface area contributed by atoms with Crippen LogP contribution in [-0.4, -0.2) is 99.7 Å². The van der Waals surface area contributed by atoms with Crippen molar-refractivity contribution in [2.24, 2.45) is 0 Å². The van der Waals surface area contributed by atoms with Crippen LogP contribution in [0.5, 0.6) is 5.75 Å². The number of pyridine rings is 1. The van der Waals surface area contributed by atoms with E-state index in [9.17, 15) is 22.6 Å². The molecule has 4 rings (SSSR count). The highest BCUT2D eigenvalue weighted by Crippen LogP contribution is 2.26. The maximum Gasteiger partial charge on any atom is 0.508 e. The molecule has 0 radical (unpaired) electrons. The second-order valence-electron chi connectivity index (χ2n) is 10.4. The summed E-state index contributed by atoms with van der Waals surface area (Å²) in [4.78, 5) is 37.9. The van der Waals surface area contributed by atoms with Crippen LogP contribution in [0.25, 0.3) is 11.0 Å². The standard InChI is InChI=1S/C28H35F2N5O6S/c1-19-22(31-12-9-24(19)40-18-28(2,29)30)17-42(38)25-32-21-7-5-6-8-23(21)35(25)26(36)34(4)15-16-39-27(37)41-20-10-13-33(3)14-11-20/h5-9,12,20H,10-11,13-18H2,1-4H3/t42-/m1/s1. The minimum atomic E-state index is -3.02. The first-order valence-corrected chi connectivity index (χ1v) is 14.8. The number of benzene rings is 1. The van der Waals surface area contributed by atoms with Crippen LogP contribution in [0, 0.1) is 6.92 Å². The Balaban J connectivity index is 1.44. The number of carbonyl (C=O) groups is 2. The summed E-state index contributed by atoms with van der Waals surface area (Å²) in [6, 6.07) is 7.82. The number of imidazole rings is 1. The van der Waals surface area contributed by atoms with E-state index in [2.05, 4.69) is 14.9 Å². The maximum atomic E-state index is 13.6. The van der Waals surface area contributed by atoms with Crippen LogP contribution >= 0.6 is 0 Å². The van der Waals surface area contributed by atoms with Crippen LogP contribution in [-0.2, 0) is 26.0 Å². The van der Waals surface area contributed by atoms with Crippen molar-refractivity contribution in [3.63, 3.8) is 0 Å². The maximum absolute atomic E-state index is 13.6. The number of rotatable bonds is 10. The quantitative estimate of drug-likeness (QED) is 0.312. The average Bonchev–Trinajstić information content (AvgIpc) is 3.33. The fraction of sp³-hybridized carbons (Fsp3) is 0.500. The number of carbonyl (C=O) groups excluding carboxylic acids is 2. The van der Waals surface area contributed by atoms with E-state index in [0.29, 0.717) is 22.3 Å². The van der Waals surface area contributed by atoms with E-state index in [4.69, 9.17) is 14.2 Å². The van der Waals surface area contributed by atoms with Gasteiger partial charge in [0.05, 0.1) is 39.8 Å². The summed E-state index contributed by atoms with van der Waals surface area (Å²) in [6.07, 6.45) is 1.89. The summed E-state index contributed by atoms with van der Waals surface area (Å²) in [5.41, 5.74) is 1.74. The number of halogens is 2. The van der Waals surface area contributed by atoms with Gasteiger partial charge in [-0.05, 0) is 45.0 Å². The molecule has 1 amide bonds. The molecule has 1 aliphatic heterocycles. The molecule has 0 spiro atoms. The molecule has 11 nitrogen and oxygen atoms in total. The Hall–Kier alpha value is -3.65. The number of alkyl halides is 2. The van der Waals surface area contributed by atoms with Gasteiger partial charge in [0.2, 0.25) is 5.16 Å². The largest absolute Gasteiger partial charge is 0.508 e. The summed E-state index contributed by atoms with van der Waals surface area (Å²) in [5, 5.41) is 0.00302. The lowest BCUT2D eigenvalue weighted by atomic mass is 10.1. The van der Waals surface area contributed by atoms with Crippen LogP contribution in [0.3, 0.4) is 0 Å². The molecule has 1 aliphatic rings. The number of nitrogens with zero attached hydrogens (tertiary/aromatic N) is 5. The molecule has 1 aromatic carbocycles. The van der Waals surface area contributed by atoms with Gasteiger partial charge >= 0.3 is 12.2 Å². The second-order valence-corrected chi connectivity index (χ2v) is 11.7. The van der Waals surface area contributed by atoms with Crippen LogP contribution < -0.4 is 4.74 Å². The van der Waals surface area contributed by atoms with Gasteiger partial charge < -0.3 is 24.0 Å². The van der Waals surface area contributed by atoms with E-state index in [1.54, 1.807) is 31.2 Å². The van der Waals surface area contributed by atoms with E-state index < -0.39 is 35.5 Å². The number of amides is 1. The molecule has 0 aliphatic carbocycles. The lowest BCUT2D eigenvalue weighted by Crippen LogP contribution is -2.37. The molecule has 3 aromatic rings. The van der Waals surface area contributed by atoms with E-state index in [1.807, 2.05) is 7.05 Å². The number of hydrogen-bond acceptors (Lipinski definition) is 9. The molecule has 42 heavy (non-hydrogen) atoms. The Kier molecular flexibility index (Phi) is 10.1. The van der Waals surface area contributed by atoms with Crippen molar-refractivity contribution in [2.75, 3.05) is 46.9 Å². The number of hydrogen-bond donors (Lipinski definition) is 0. The molecule has 0 N–H and O–H groups in total. The SMILES string of the molecule is Cc1c(OCC(C)(F)F)ccnc1C[S@@](=O)c1nc2ccccc2n1C(=O)N(C)CCOC(=O)OC1CCN(C)CC1. The first-order valence-electron chi connectivity index (χ1n) is 13.5. The molecule has 228 valence electrons. The topological polar surface area (TPSA) is 116 Å². The molecular formula is C28H35F2N5O6S. The van der Waals surface area contributed by atoms with Crippen LogP contribution in [0.15, 0.2) is 41.7 Å². The van der Waals surface area contributed by atoms with Crippen molar-refractivity contribution in [3.8, 4) is 5.75 Å². The molecule has 1 atom stereocenters. The number of likely N-dealkylation sites (N-methyl/N-ethyl adjacent to an activating group) is 1. The number of para-hydroxylation sites is 2. The van der Waals surface area contributed by atoms with E-state index >= 15 is 0 Å². The zero-order valence-electron chi connectivity index (χ0n) is 24.0. The molecule has 1 saturated heterocycles. The molecule has 0 saturated carbocycles. The van der Waals surface area contributed by atoms with Crippen LogP contribution in [0.1, 0.15) is 31.0 Å². The number of likely N-dealkylation sites (tertiary alicyclic amines) is 1. The van der Waals surface area contributed by atoms with Gasteiger partial charge in [0.15, 0.2) is 6.61 Å². The van der Waals surface area contributed by atoms with Gasteiger partial charge in [0.25, 0.3) is 5.92 Å². The van der Waals surface area contributed by atoms with Crippen molar-refractivity contribution in [3.05, 3.63) is 47.8 Å². The van der Waals surface area contributed by atoms with E-state index in [-0.39, 0.29) is 35.9 Å². The van der Waals surface area contributed by atoms with Crippen molar-refractivity contribution < 1.29 is 36.8 Å². The van der Waals surface area contributed by atoms with Crippen molar-refractivity contribution in [2.45, 2.75) is 49.6 Å². The minimum absolute atomic E-state index is 0.00302. The fourth-order valence-corrected chi connectivity index (χ4v) is 5.65. The first-order chi connectivity index (χ1) is 19.9. The summed E-state index contributed by atoms with van der Waals surface area (Å²) < 4.78 is 57.3. The van der Waals surface area contributed by atoms with Gasteiger partial charge in [-0.1, -0.05) is 12.1 Å². The van der Waals surface area contributed by atoms with Crippen LogP contribution in [0.4, 0.5) is 18.4 Å². The molecule has 0 unspecified atom stereocenters. The fourth-order valence-electron chi connectivity index (χ4n) is 4.40. The van der Waals surface area contributed by atoms with Gasteiger partial charge in [-0.15, -0.1) is 0 Å². The Labute approximate surface area is 245 Å². The van der Waals surface area contributed by atoms with Crippen molar-refractivity contribution >= 4 is 34.0 Å². The number of aromatic nitrogens is 3. The predicted octanol–water partition coefficient (Wildman–Crippen LogP) is 4.23. The highest BCUT2D eigenvalue weighted by atomic mass is 32.2. The highest BCUT2D eigenvalue weighted by molar-refractivity contribution is 7.84. The zero-order valence-corrected chi connectivity index (χ0v) is 24.9. The van der Waals surface area contributed by atoms with Gasteiger partial charge in [-0.3, -0.25) is 9.19 Å². The predicted molar refractivity (Wildman–Crippen MR) is 151 cm³/mol. The third kappa shape index (κ3) is 8.00. The lowest BCUT2D eigenvalue weighted by Gasteiger charge is -2.28. The average molecular weight is 608 g/mol. The summed E-state index contributed by atoms with van der Waals surface area (Å²) >= 11 is 0. The van der Waals surface area contributed by atoms with Gasteiger partial charge in [0.1, 0.15) is 18.5 Å².